The van der Waals surface area contributed by atoms with E-state index >= 15 is 0 Å². The van der Waals surface area contributed by atoms with Crippen LogP contribution in [0.5, 0.6) is 0 Å². The summed E-state index contributed by atoms with van der Waals surface area (Å²) in [5, 5.41) is 9.56. The molecule has 1 rings (SSSR count). The number of aryl methyl sites for hydroxylation is 1. The van der Waals surface area contributed by atoms with Crippen molar-refractivity contribution in [2.45, 2.75) is 58.3 Å². The van der Waals surface area contributed by atoms with Gasteiger partial charge in [-0.2, -0.15) is 0 Å². The van der Waals surface area contributed by atoms with Crippen LogP contribution in [0.1, 0.15) is 57.7 Å². The molecule has 0 bridgehead atoms. The fraction of sp³-hybridized carbons (Fsp3) is 0.611. The molecule has 3 nitrogen and oxygen atoms in total. The van der Waals surface area contributed by atoms with Crippen molar-refractivity contribution < 1.29 is 14.6 Å². The standard InChI is InChI=1S/C18H28O3/c1-17(2,3)15-11-14(18(4,5)12-19)9-7-13(15)8-10-16(20)21-6/h7,9,11,19H,8,10,12H2,1-6H3. The Hall–Kier alpha value is -1.35. The molecule has 0 saturated carbocycles. The molecular weight excluding hydrogens is 264 g/mol. The summed E-state index contributed by atoms with van der Waals surface area (Å²) in [5.74, 6) is -0.186. The Labute approximate surface area is 128 Å². The SMILES string of the molecule is COC(=O)CCc1ccc(C(C)(C)CO)cc1C(C)(C)C. The number of aliphatic hydroxyl groups excluding tert-OH is 1. The first-order chi connectivity index (χ1) is 9.61. The van der Waals surface area contributed by atoms with Crippen LogP contribution in [0.2, 0.25) is 0 Å². The van der Waals surface area contributed by atoms with Crippen molar-refractivity contribution in [1.82, 2.24) is 0 Å². The van der Waals surface area contributed by atoms with E-state index in [-0.39, 0.29) is 23.4 Å². The van der Waals surface area contributed by atoms with Crippen LogP contribution >= 0.6 is 0 Å². The minimum absolute atomic E-state index is 0.00695. The number of aliphatic hydroxyl groups is 1. The van der Waals surface area contributed by atoms with Gasteiger partial charge in [-0.1, -0.05) is 52.8 Å². The van der Waals surface area contributed by atoms with Crippen LogP contribution in [0, 0.1) is 0 Å². The molecule has 1 aromatic carbocycles. The normalized spacial score (nSPS) is 12.3. The lowest BCUT2D eigenvalue weighted by Crippen LogP contribution is -2.24. The Kier molecular flexibility index (Phi) is 5.57. The van der Waals surface area contributed by atoms with Gasteiger partial charge in [0.15, 0.2) is 0 Å². The molecular formula is C18H28O3. The average Bonchev–Trinajstić information content (AvgIpc) is 2.43. The molecule has 1 aromatic rings. The van der Waals surface area contributed by atoms with Gasteiger partial charge in [-0.15, -0.1) is 0 Å². The first kappa shape index (κ1) is 17.7. The number of hydrogen-bond donors (Lipinski definition) is 1. The maximum Gasteiger partial charge on any atom is 0.305 e. The second kappa shape index (κ2) is 6.61. The van der Waals surface area contributed by atoms with Crippen molar-refractivity contribution >= 4 is 5.97 Å². The van der Waals surface area contributed by atoms with Crippen molar-refractivity contribution in [3.05, 3.63) is 34.9 Å². The van der Waals surface area contributed by atoms with Gasteiger partial charge in [0.2, 0.25) is 0 Å². The molecule has 0 unspecified atom stereocenters. The summed E-state index contributed by atoms with van der Waals surface area (Å²) in [7, 11) is 1.42. The van der Waals surface area contributed by atoms with Gasteiger partial charge in [0, 0.05) is 11.8 Å². The van der Waals surface area contributed by atoms with Crippen LogP contribution in [0.25, 0.3) is 0 Å². The van der Waals surface area contributed by atoms with E-state index in [9.17, 15) is 9.90 Å². The molecule has 21 heavy (non-hydrogen) atoms. The van der Waals surface area contributed by atoms with E-state index < -0.39 is 0 Å². The topological polar surface area (TPSA) is 46.5 Å². The Morgan fingerprint density at radius 3 is 2.29 bits per heavy atom. The van der Waals surface area contributed by atoms with E-state index in [0.29, 0.717) is 12.8 Å². The Bertz CT molecular complexity index is 496. The van der Waals surface area contributed by atoms with Gasteiger partial charge in [0.1, 0.15) is 0 Å². The van der Waals surface area contributed by atoms with Gasteiger partial charge in [-0.3, -0.25) is 4.79 Å². The van der Waals surface area contributed by atoms with Crippen LogP contribution in [0.3, 0.4) is 0 Å². The van der Waals surface area contributed by atoms with Gasteiger partial charge in [-0.05, 0) is 28.5 Å². The second-order valence-corrected chi connectivity index (χ2v) is 7.24. The van der Waals surface area contributed by atoms with Crippen molar-refractivity contribution in [3.63, 3.8) is 0 Å². The van der Waals surface area contributed by atoms with Crippen molar-refractivity contribution in [2.24, 2.45) is 0 Å². The summed E-state index contributed by atoms with van der Waals surface area (Å²) in [6.07, 6.45) is 1.07. The van der Waals surface area contributed by atoms with Crippen LogP contribution < -0.4 is 0 Å². The third kappa shape index (κ3) is 4.57. The third-order valence-electron chi connectivity index (χ3n) is 3.92. The zero-order valence-corrected chi connectivity index (χ0v) is 14.1. The fourth-order valence-corrected chi connectivity index (χ4v) is 2.34. The predicted molar refractivity (Wildman–Crippen MR) is 85.6 cm³/mol. The minimum Gasteiger partial charge on any atom is -0.469 e. The summed E-state index contributed by atoms with van der Waals surface area (Å²) >= 11 is 0. The predicted octanol–water partition coefficient (Wildman–Crippen LogP) is 3.36. The summed E-state index contributed by atoms with van der Waals surface area (Å²) in [6, 6.07) is 6.30. The van der Waals surface area contributed by atoms with E-state index in [2.05, 4.69) is 39.0 Å². The highest BCUT2D eigenvalue weighted by molar-refractivity contribution is 5.69. The highest BCUT2D eigenvalue weighted by atomic mass is 16.5. The van der Waals surface area contributed by atoms with E-state index in [1.807, 2.05) is 13.8 Å². The van der Waals surface area contributed by atoms with Gasteiger partial charge >= 0.3 is 5.97 Å². The van der Waals surface area contributed by atoms with Crippen molar-refractivity contribution in [3.8, 4) is 0 Å². The number of benzene rings is 1. The maximum absolute atomic E-state index is 11.4. The molecule has 0 aliphatic heterocycles. The fourth-order valence-electron chi connectivity index (χ4n) is 2.34. The van der Waals surface area contributed by atoms with E-state index in [0.717, 1.165) is 5.56 Å². The molecule has 0 radical (unpaired) electrons. The number of ether oxygens (including phenoxy) is 1. The monoisotopic (exact) mass is 292 g/mol. The van der Waals surface area contributed by atoms with Crippen LogP contribution in [-0.4, -0.2) is 24.8 Å². The molecule has 0 aromatic heterocycles. The Morgan fingerprint density at radius 1 is 1.19 bits per heavy atom. The zero-order valence-electron chi connectivity index (χ0n) is 14.1. The summed E-state index contributed by atoms with van der Waals surface area (Å²) < 4.78 is 4.72. The third-order valence-corrected chi connectivity index (χ3v) is 3.92. The minimum atomic E-state index is -0.263. The summed E-state index contributed by atoms with van der Waals surface area (Å²) in [4.78, 5) is 11.4. The van der Waals surface area contributed by atoms with Crippen LogP contribution in [0.4, 0.5) is 0 Å². The molecule has 118 valence electrons. The molecule has 0 spiro atoms. The molecule has 1 N–H and O–H groups in total. The molecule has 0 aliphatic rings. The quantitative estimate of drug-likeness (QED) is 0.846. The first-order valence-electron chi connectivity index (χ1n) is 7.43. The largest absolute Gasteiger partial charge is 0.469 e. The van der Waals surface area contributed by atoms with Crippen molar-refractivity contribution in [1.29, 1.82) is 0 Å². The average molecular weight is 292 g/mol. The number of hydrogen-bond acceptors (Lipinski definition) is 3. The number of methoxy groups -OCH3 is 1. The maximum atomic E-state index is 11.4. The molecule has 0 saturated heterocycles. The molecule has 0 aliphatic carbocycles. The zero-order chi connectivity index (χ0) is 16.3. The lowest BCUT2D eigenvalue weighted by Gasteiger charge is -2.28. The lowest BCUT2D eigenvalue weighted by molar-refractivity contribution is -0.140. The van der Waals surface area contributed by atoms with Crippen LogP contribution in [-0.2, 0) is 26.8 Å². The Morgan fingerprint density at radius 2 is 1.81 bits per heavy atom. The molecule has 0 heterocycles. The van der Waals surface area contributed by atoms with E-state index in [1.54, 1.807) is 0 Å². The number of esters is 1. The number of carbonyl (C=O) groups is 1. The molecule has 0 atom stereocenters. The highest BCUT2D eigenvalue weighted by Gasteiger charge is 2.24. The van der Waals surface area contributed by atoms with Gasteiger partial charge < -0.3 is 9.84 Å². The first-order valence-corrected chi connectivity index (χ1v) is 7.43. The van der Waals surface area contributed by atoms with Gasteiger partial charge in [-0.25, -0.2) is 0 Å². The molecule has 3 heteroatoms. The summed E-state index contributed by atoms with van der Waals surface area (Å²) in [5.41, 5.74) is 3.25. The van der Waals surface area contributed by atoms with Gasteiger partial charge in [0.25, 0.3) is 0 Å². The van der Waals surface area contributed by atoms with Crippen molar-refractivity contribution in [2.75, 3.05) is 13.7 Å². The van der Waals surface area contributed by atoms with E-state index in [4.69, 9.17) is 4.74 Å². The number of carbonyl (C=O) groups excluding carboxylic acids is 1. The van der Waals surface area contributed by atoms with Gasteiger partial charge in [0.05, 0.1) is 13.7 Å². The highest BCUT2D eigenvalue weighted by Crippen LogP contribution is 2.32. The van der Waals surface area contributed by atoms with Crippen LogP contribution in [0.15, 0.2) is 18.2 Å². The lowest BCUT2D eigenvalue weighted by atomic mass is 9.77. The molecule has 0 amide bonds. The second-order valence-electron chi connectivity index (χ2n) is 7.24. The smallest absolute Gasteiger partial charge is 0.305 e. The van der Waals surface area contributed by atoms with E-state index in [1.165, 1.54) is 18.2 Å². The number of rotatable bonds is 5. The molecule has 0 fully saturated rings. The summed E-state index contributed by atoms with van der Waals surface area (Å²) in [6.45, 7) is 10.7. The Balaban J connectivity index is 3.18.